The van der Waals surface area contributed by atoms with Crippen LogP contribution >= 0.6 is 11.8 Å². The summed E-state index contributed by atoms with van der Waals surface area (Å²) in [7, 11) is 0. The smallest absolute Gasteiger partial charge is 0.242 e. The molecular weight excluding hydrogens is 274 g/mol. The Bertz CT molecular complexity index is 465. The van der Waals surface area contributed by atoms with Gasteiger partial charge in [0.25, 0.3) is 0 Å². The van der Waals surface area contributed by atoms with E-state index in [0.717, 1.165) is 25.0 Å². The van der Waals surface area contributed by atoms with Crippen LogP contribution in [0.4, 0.5) is 0 Å². The number of nitrogens with two attached hydrogens (primary N) is 1. The molecule has 1 aliphatic heterocycles. The monoisotopic (exact) mass is 297 g/mol. The fraction of sp³-hybridized carbons (Fsp3) is 0.857. The number of hydrogen-bond acceptors (Lipinski definition) is 6. The van der Waals surface area contributed by atoms with Crippen LogP contribution < -0.4 is 5.73 Å². The average Bonchev–Trinajstić information content (AvgIpc) is 2.95. The summed E-state index contributed by atoms with van der Waals surface area (Å²) in [4.78, 5) is 4.55. The molecule has 1 aliphatic carbocycles. The van der Waals surface area contributed by atoms with Crippen molar-refractivity contribution in [1.82, 2.24) is 10.1 Å². The summed E-state index contributed by atoms with van der Waals surface area (Å²) >= 11 is 1.88. The molecule has 20 heavy (non-hydrogen) atoms. The van der Waals surface area contributed by atoms with Gasteiger partial charge in [0.15, 0.2) is 5.82 Å². The molecule has 1 aromatic rings. The number of hydrogen-bond donors (Lipinski definition) is 1. The highest BCUT2D eigenvalue weighted by Gasteiger charge is 2.39. The summed E-state index contributed by atoms with van der Waals surface area (Å²) < 4.78 is 11.2. The van der Waals surface area contributed by atoms with Gasteiger partial charge in [0.2, 0.25) is 5.89 Å². The molecule has 2 heterocycles. The lowest BCUT2D eigenvalue weighted by molar-refractivity contribution is -0.0222. The van der Waals surface area contributed by atoms with Crippen molar-refractivity contribution in [3.05, 3.63) is 11.7 Å². The topological polar surface area (TPSA) is 74.2 Å². The molecule has 1 saturated heterocycles. The van der Waals surface area contributed by atoms with Gasteiger partial charge < -0.3 is 15.0 Å². The molecule has 0 amide bonds. The molecule has 1 aromatic heterocycles. The van der Waals surface area contributed by atoms with Crippen molar-refractivity contribution in [2.24, 2.45) is 5.73 Å². The van der Waals surface area contributed by atoms with Gasteiger partial charge in [-0.2, -0.15) is 4.98 Å². The zero-order chi connectivity index (χ0) is 14.2. The molecule has 0 aromatic carbocycles. The first-order valence-electron chi connectivity index (χ1n) is 7.39. The molecule has 2 unspecified atom stereocenters. The number of aromatic nitrogens is 2. The normalized spacial score (nSPS) is 30.1. The highest BCUT2D eigenvalue weighted by atomic mass is 32.2. The van der Waals surface area contributed by atoms with E-state index in [4.69, 9.17) is 15.0 Å². The molecule has 6 heteroatoms. The Hall–Kier alpha value is -0.590. The predicted octanol–water partition coefficient (Wildman–Crippen LogP) is 2.55. The Labute approximate surface area is 124 Å². The molecule has 2 aliphatic rings. The maximum absolute atomic E-state index is 6.30. The molecule has 112 valence electrons. The number of ether oxygens (including phenoxy) is 1. The minimum atomic E-state index is -0.684. The summed E-state index contributed by atoms with van der Waals surface area (Å²) in [6.07, 6.45) is 6.19. The van der Waals surface area contributed by atoms with Gasteiger partial charge in [-0.1, -0.05) is 5.16 Å². The second-order valence-corrected chi connectivity index (χ2v) is 7.99. The van der Waals surface area contributed by atoms with E-state index < -0.39 is 5.54 Å². The van der Waals surface area contributed by atoms with Crippen molar-refractivity contribution in [1.29, 1.82) is 0 Å². The maximum atomic E-state index is 6.30. The van der Waals surface area contributed by atoms with Crippen LogP contribution in [0.25, 0.3) is 0 Å². The van der Waals surface area contributed by atoms with Crippen molar-refractivity contribution >= 4 is 11.8 Å². The number of thioether (sulfide) groups is 1. The van der Waals surface area contributed by atoms with Crippen molar-refractivity contribution in [2.45, 2.75) is 62.3 Å². The summed E-state index contributed by atoms with van der Waals surface area (Å²) in [5.74, 6) is 2.41. The van der Waals surface area contributed by atoms with E-state index >= 15 is 0 Å². The molecule has 2 atom stereocenters. The van der Waals surface area contributed by atoms with Gasteiger partial charge in [-0.05, 0) is 51.7 Å². The predicted molar refractivity (Wildman–Crippen MR) is 78.5 cm³/mol. The van der Waals surface area contributed by atoms with Gasteiger partial charge in [0.1, 0.15) is 5.54 Å². The summed E-state index contributed by atoms with van der Waals surface area (Å²) in [6.45, 7) is 4.52. The summed E-state index contributed by atoms with van der Waals surface area (Å²) in [5.41, 5.74) is 5.62. The third-order valence-corrected chi connectivity index (χ3v) is 5.79. The van der Waals surface area contributed by atoms with Crippen molar-refractivity contribution in [3.8, 4) is 0 Å². The molecule has 0 bridgehead atoms. The maximum Gasteiger partial charge on any atom is 0.242 e. The van der Waals surface area contributed by atoms with E-state index in [-0.39, 0.29) is 4.75 Å². The Morgan fingerprint density at radius 2 is 2.30 bits per heavy atom. The van der Waals surface area contributed by atoms with Gasteiger partial charge in [-0.3, -0.25) is 0 Å². The van der Waals surface area contributed by atoms with Crippen LogP contribution in [0.1, 0.15) is 57.7 Å². The highest BCUT2D eigenvalue weighted by Crippen LogP contribution is 2.45. The lowest BCUT2D eigenvalue weighted by Gasteiger charge is -2.29. The first kappa shape index (κ1) is 14.4. The van der Waals surface area contributed by atoms with E-state index in [1.165, 1.54) is 12.8 Å². The quantitative estimate of drug-likeness (QED) is 0.900. The minimum Gasteiger partial charge on any atom is -0.376 e. The molecule has 0 spiro atoms. The third-order valence-electron chi connectivity index (χ3n) is 4.28. The van der Waals surface area contributed by atoms with Crippen molar-refractivity contribution < 1.29 is 9.26 Å². The SMILES string of the molecule is CC(N)(COC1CCC1)c1noc(C2(C)CCCS2)n1. The minimum absolute atomic E-state index is 0.0455. The van der Waals surface area contributed by atoms with E-state index in [0.29, 0.717) is 24.4 Å². The van der Waals surface area contributed by atoms with E-state index in [1.807, 2.05) is 18.7 Å². The van der Waals surface area contributed by atoms with Crippen LogP contribution in [0.5, 0.6) is 0 Å². The third kappa shape index (κ3) is 2.73. The molecule has 2 N–H and O–H groups in total. The van der Waals surface area contributed by atoms with Crippen LogP contribution in [-0.2, 0) is 15.0 Å². The largest absolute Gasteiger partial charge is 0.376 e. The summed E-state index contributed by atoms with van der Waals surface area (Å²) in [6, 6.07) is 0. The van der Waals surface area contributed by atoms with Crippen molar-refractivity contribution in [2.75, 3.05) is 12.4 Å². The highest BCUT2D eigenvalue weighted by molar-refractivity contribution is 8.00. The zero-order valence-electron chi connectivity index (χ0n) is 12.2. The molecule has 1 saturated carbocycles. The Kier molecular flexibility index (Phi) is 3.81. The Morgan fingerprint density at radius 1 is 1.50 bits per heavy atom. The molecule has 0 radical (unpaired) electrons. The molecule has 3 rings (SSSR count). The average molecular weight is 297 g/mol. The lowest BCUT2D eigenvalue weighted by atomic mass is 9.95. The lowest BCUT2D eigenvalue weighted by Crippen LogP contribution is -2.41. The second-order valence-electron chi connectivity index (χ2n) is 6.39. The first-order valence-corrected chi connectivity index (χ1v) is 8.37. The Morgan fingerprint density at radius 3 is 2.90 bits per heavy atom. The van der Waals surface area contributed by atoms with Gasteiger partial charge in [0.05, 0.1) is 17.5 Å². The van der Waals surface area contributed by atoms with Crippen LogP contribution in [0.2, 0.25) is 0 Å². The number of nitrogens with zero attached hydrogens (tertiary/aromatic N) is 2. The van der Waals surface area contributed by atoms with Gasteiger partial charge in [-0.25, -0.2) is 0 Å². The molecule has 2 fully saturated rings. The zero-order valence-corrected chi connectivity index (χ0v) is 13.0. The fourth-order valence-electron chi connectivity index (χ4n) is 2.51. The van der Waals surface area contributed by atoms with Crippen molar-refractivity contribution in [3.63, 3.8) is 0 Å². The van der Waals surface area contributed by atoms with Crippen LogP contribution in [-0.4, -0.2) is 28.6 Å². The molecular formula is C14H23N3O2S. The van der Waals surface area contributed by atoms with Crippen LogP contribution in [0, 0.1) is 0 Å². The van der Waals surface area contributed by atoms with Gasteiger partial charge in [-0.15, -0.1) is 11.8 Å². The first-order chi connectivity index (χ1) is 9.50. The molecule has 5 nitrogen and oxygen atoms in total. The van der Waals surface area contributed by atoms with E-state index in [9.17, 15) is 0 Å². The summed E-state index contributed by atoms with van der Waals surface area (Å²) in [5, 5.41) is 4.10. The van der Waals surface area contributed by atoms with Gasteiger partial charge >= 0.3 is 0 Å². The second kappa shape index (κ2) is 5.31. The van der Waals surface area contributed by atoms with Gasteiger partial charge in [0, 0.05) is 0 Å². The van der Waals surface area contributed by atoms with Crippen LogP contribution in [0.15, 0.2) is 4.52 Å². The fourth-order valence-corrected chi connectivity index (χ4v) is 3.75. The number of rotatable bonds is 5. The Balaban J connectivity index is 1.68. The van der Waals surface area contributed by atoms with Crippen LogP contribution in [0.3, 0.4) is 0 Å². The van der Waals surface area contributed by atoms with E-state index in [1.54, 1.807) is 0 Å². The standard InChI is InChI=1S/C14H23N3O2S/c1-13(15,9-18-10-5-3-6-10)11-16-12(19-17-11)14(2)7-4-8-20-14/h10H,3-9,15H2,1-2H3. The van der Waals surface area contributed by atoms with E-state index in [2.05, 4.69) is 17.1 Å².